The van der Waals surface area contributed by atoms with Gasteiger partial charge in [0.2, 0.25) is 11.8 Å². The molecule has 4 nitrogen and oxygen atoms in total. The first-order chi connectivity index (χ1) is 9.24. The van der Waals surface area contributed by atoms with Crippen LogP contribution in [0.5, 0.6) is 0 Å². The SMILES string of the molecule is O=C(NCCC(=O)N1CCCCC1)C1CC2CC2C1. The highest BCUT2D eigenvalue weighted by molar-refractivity contribution is 5.81. The smallest absolute Gasteiger partial charge is 0.224 e. The molecule has 2 atom stereocenters. The van der Waals surface area contributed by atoms with Gasteiger partial charge in [-0.05, 0) is 50.4 Å². The van der Waals surface area contributed by atoms with Crippen LogP contribution < -0.4 is 5.32 Å². The lowest BCUT2D eigenvalue weighted by Gasteiger charge is -2.26. The van der Waals surface area contributed by atoms with E-state index in [1.807, 2.05) is 4.90 Å². The summed E-state index contributed by atoms with van der Waals surface area (Å²) in [4.78, 5) is 25.8. The lowest BCUT2D eigenvalue weighted by molar-refractivity contribution is -0.132. The third-order valence-electron chi connectivity index (χ3n) is 4.96. The molecule has 1 aliphatic heterocycles. The molecule has 0 aromatic heterocycles. The van der Waals surface area contributed by atoms with Crippen molar-refractivity contribution in [2.45, 2.75) is 44.9 Å². The molecule has 0 bridgehead atoms. The third kappa shape index (κ3) is 3.10. The zero-order valence-electron chi connectivity index (χ0n) is 11.6. The van der Waals surface area contributed by atoms with Crippen molar-refractivity contribution in [1.29, 1.82) is 0 Å². The van der Waals surface area contributed by atoms with Crippen molar-refractivity contribution in [3.8, 4) is 0 Å². The van der Waals surface area contributed by atoms with E-state index < -0.39 is 0 Å². The maximum atomic E-state index is 11.9. The van der Waals surface area contributed by atoms with Crippen molar-refractivity contribution in [3.63, 3.8) is 0 Å². The van der Waals surface area contributed by atoms with Crippen molar-refractivity contribution in [2.24, 2.45) is 17.8 Å². The van der Waals surface area contributed by atoms with Gasteiger partial charge < -0.3 is 10.2 Å². The summed E-state index contributed by atoms with van der Waals surface area (Å²) in [6.45, 7) is 2.32. The van der Waals surface area contributed by atoms with E-state index in [0.717, 1.165) is 50.6 Å². The molecule has 2 amide bonds. The fourth-order valence-electron chi connectivity index (χ4n) is 3.67. The molecule has 0 radical (unpaired) electrons. The van der Waals surface area contributed by atoms with Crippen LogP contribution in [0.25, 0.3) is 0 Å². The molecule has 3 rings (SSSR count). The Labute approximate surface area is 114 Å². The Bertz CT molecular complexity index is 339. The van der Waals surface area contributed by atoms with Gasteiger partial charge in [0.15, 0.2) is 0 Å². The highest BCUT2D eigenvalue weighted by atomic mass is 16.2. The highest BCUT2D eigenvalue weighted by Crippen LogP contribution is 2.54. The minimum absolute atomic E-state index is 0.179. The van der Waals surface area contributed by atoms with Crippen molar-refractivity contribution < 1.29 is 9.59 Å². The largest absolute Gasteiger partial charge is 0.355 e. The fraction of sp³-hybridized carbons (Fsp3) is 0.867. The van der Waals surface area contributed by atoms with Crippen LogP contribution in [-0.4, -0.2) is 36.3 Å². The van der Waals surface area contributed by atoms with E-state index in [4.69, 9.17) is 0 Å². The first kappa shape index (κ1) is 12.9. The predicted octanol–water partition coefficient (Wildman–Crippen LogP) is 1.55. The molecule has 0 spiro atoms. The van der Waals surface area contributed by atoms with Crippen LogP contribution in [0.15, 0.2) is 0 Å². The Balaban J connectivity index is 1.33. The van der Waals surface area contributed by atoms with Gasteiger partial charge in [0, 0.05) is 32.0 Å². The van der Waals surface area contributed by atoms with Gasteiger partial charge >= 0.3 is 0 Å². The number of amides is 2. The Hall–Kier alpha value is -1.06. The second-order valence-electron chi connectivity index (χ2n) is 6.41. The maximum absolute atomic E-state index is 11.9. The number of carbonyl (C=O) groups excluding carboxylic acids is 2. The number of piperidine rings is 1. The van der Waals surface area contributed by atoms with E-state index in [2.05, 4.69) is 5.32 Å². The number of hydrogen-bond donors (Lipinski definition) is 1. The molecule has 2 unspecified atom stereocenters. The van der Waals surface area contributed by atoms with Crippen LogP contribution in [0.2, 0.25) is 0 Å². The van der Waals surface area contributed by atoms with Crippen LogP contribution in [0.1, 0.15) is 44.9 Å². The van der Waals surface area contributed by atoms with Gasteiger partial charge in [-0.15, -0.1) is 0 Å². The average molecular weight is 264 g/mol. The fourth-order valence-corrected chi connectivity index (χ4v) is 3.67. The molecule has 0 aromatic rings. The summed E-state index contributed by atoms with van der Waals surface area (Å²) < 4.78 is 0. The number of hydrogen-bond acceptors (Lipinski definition) is 2. The second kappa shape index (κ2) is 5.51. The molecule has 2 aliphatic carbocycles. The molecular formula is C15H24N2O2. The molecule has 1 saturated heterocycles. The summed E-state index contributed by atoms with van der Waals surface area (Å²) in [6, 6.07) is 0. The van der Waals surface area contributed by atoms with Crippen LogP contribution in [0.3, 0.4) is 0 Å². The topological polar surface area (TPSA) is 49.4 Å². The van der Waals surface area contributed by atoms with Crippen LogP contribution in [0.4, 0.5) is 0 Å². The lowest BCUT2D eigenvalue weighted by atomic mass is 10.0. The van der Waals surface area contributed by atoms with Gasteiger partial charge in [0.05, 0.1) is 0 Å². The van der Waals surface area contributed by atoms with Gasteiger partial charge in [0.25, 0.3) is 0 Å². The lowest BCUT2D eigenvalue weighted by Crippen LogP contribution is -2.38. The van der Waals surface area contributed by atoms with E-state index in [-0.39, 0.29) is 17.7 Å². The summed E-state index contributed by atoms with van der Waals surface area (Å²) in [7, 11) is 0. The predicted molar refractivity (Wildman–Crippen MR) is 72.4 cm³/mol. The molecule has 4 heteroatoms. The molecule has 3 aliphatic rings. The summed E-state index contributed by atoms with van der Waals surface area (Å²) in [5, 5.41) is 2.95. The highest BCUT2D eigenvalue weighted by Gasteiger charge is 2.47. The van der Waals surface area contributed by atoms with Crippen molar-refractivity contribution in [3.05, 3.63) is 0 Å². The molecule has 106 valence electrons. The summed E-state index contributed by atoms with van der Waals surface area (Å²) >= 11 is 0. The summed E-state index contributed by atoms with van der Waals surface area (Å²) in [6.07, 6.45) is 7.46. The van der Waals surface area contributed by atoms with Crippen LogP contribution in [-0.2, 0) is 9.59 Å². The molecule has 1 heterocycles. The van der Waals surface area contributed by atoms with Gasteiger partial charge in [-0.25, -0.2) is 0 Å². The zero-order valence-corrected chi connectivity index (χ0v) is 11.6. The van der Waals surface area contributed by atoms with E-state index in [1.54, 1.807) is 0 Å². The number of fused-ring (bicyclic) bond motifs is 1. The summed E-state index contributed by atoms with van der Waals surface area (Å²) in [5.41, 5.74) is 0. The van der Waals surface area contributed by atoms with Gasteiger partial charge in [0.1, 0.15) is 0 Å². The molecular weight excluding hydrogens is 240 g/mol. The van der Waals surface area contributed by atoms with E-state index in [0.29, 0.717) is 13.0 Å². The van der Waals surface area contributed by atoms with Gasteiger partial charge in [-0.2, -0.15) is 0 Å². The first-order valence-electron chi connectivity index (χ1n) is 7.79. The number of rotatable bonds is 4. The molecule has 2 saturated carbocycles. The van der Waals surface area contributed by atoms with Crippen LogP contribution >= 0.6 is 0 Å². The molecule has 3 fully saturated rings. The van der Waals surface area contributed by atoms with E-state index in [1.165, 1.54) is 12.8 Å². The molecule has 19 heavy (non-hydrogen) atoms. The second-order valence-corrected chi connectivity index (χ2v) is 6.41. The van der Waals surface area contributed by atoms with Gasteiger partial charge in [-0.1, -0.05) is 0 Å². The van der Waals surface area contributed by atoms with Crippen molar-refractivity contribution in [1.82, 2.24) is 10.2 Å². The Morgan fingerprint density at radius 2 is 1.68 bits per heavy atom. The van der Waals surface area contributed by atoms with E-state index >= 15 is 0 Å². The molecule has 1 N–H and O–H groups in total. The van der Waals surface area contributed by atoms with Crippen molar-refractivity contribution >= 4 is 11.8 Å². The monoisotopic (exact) mass is 264 g/mol. The number of carbonyl (C=O) groups is 2. The van der Waals surface area contributed by atoms with Crippen LogP contribution in [0, 0.1) is 17.8 Å². The van der Waals surface area contributed by atoms with E-state index in [9.17, 15) is 9.59 Å². The third-order valence-corrected chi connectivity index (χ3v) is 4.96. The number of likely N-dealkylation sites (tertiary alicyclic amines) is 1. The zero-order chi connectivity index (χ0) is 13.2. The first-order valence-corrected chi connectivity index (χ1v) is 7.79. The minimum atomic E-state index is 0.179. The summed E-state index contributed by atoms with van der Waals surface area (Å²) in [5.74, 6) is 2.29. The number of nitrogens with one attached hydrogen (secondary N) is 1. The normalized spacial score (nSPS) is 32.8. The Morgan fingerprint density at radius 1 is 1.00 bits per heavy atom. The standard InChI is InChI=1S/C15H24N2O2/c18-14(17-6-2-1-3-7-17)4-5-16-15(19)13-9-11-8-12(11)10-13/h11-13H,1-10H2,(H,16,19). The van der Waals surface area contributed by atoms with Crippen molar-refractivity contribution in [2.75, 3.05) is 19.6 Å². The average Bonchev–Trinajstić information content (AvgIpc) is 3.06. The Kier molecular flexibility index (Phi) is 3.76. The quantitative estimate of drug-likeness (QED) is 0.837. The minimum Gasteiger partial charge on any atom is -0.355 e. The molecule has 0 aromatic carbocycles. The maximum Gasteiger partial charge on any atom is 0.224 e. The van der Waals surface area contributed by atoms with Gasteiger partial charge in [-0.3, -0.25) is 9.59 Å². The Morgan fingerprint density at radius 3 is 2.37 bits per heavy atom. The number of nitrogens with zero attached hydrogens (tertiary/aromatic N) is 1.